The lowest BCUT2D eigenvalue weighted by molar-refractivity contribution is 0.110. The van der Waals surface area contributed by atoms with Gasteiger partial charge in [0.1, 0.15) is 5.82 Å². The van der Waals surface area contributed by atoms with Crippen molar-refractivity contribution in [3.63, 3.8) is 0 Å². The van der Waals surface area contributed by atoms with Crippen LogP contribution in [0.4, 0.5) is 10.1 Å². The van der Waals surface area contributed by atoms with Crippen molar-refractivity contribution in [3.05, 3.63) is 65.1 Å². The van der Waals surface area contributed by atoms with E-state index >= 15 is 0 Å². The fraction of sp³-hybridized carbons (Fsp3) is 0.364. The van der Waals surface area contributed by atoms with E-state index < -0.39 is 6.10 Å². The van der Waals surface area contributed by atoms with Crippen molar-refractivity contribution in [3.8, 4) is 0 Å². The predicted molar refractivity (Wildman–Crippen MR) is 108 cm³/mol. The third-order valence-corrected chi connectivity index (χ3v) is 5.75. The minimum Gasteiger partial charge on any atom is -0.387 e. The number of anilines is 1. The fourth-order valence-electron chi connectivity index (χ4n) is 3.98. The topological polar surface area (TPSA) is 42.5 Å². The fourth-order valence-corrected chi connectivity index (χ4v) is 3.98. The van der Waals surface area contributed by atoms with Gasteiger partial charge in [0, 0.05) is 61.1 Å². The van der Waals surface area contributed by atoms with Crippen LogP contribution in [0.5, 0.6) is 0 Å². The molecule has 0 amide bonds. The van der Waals surface area contributed by atoms with E-state index in [1.165, 1.54) is 28.9 Å². The van der Waals surface area contributed by atoms with Crippen LogP contribution in [0.3, 0.4) is 0 Å². The summed E-state index contributed by atoms with van der Waals surface area (Å²) in [7, 11) is 0. The number of rotatable bonds is 4. The highest BCUT2D eigenvalue weighted by atomic mass is 19.1. The summed E-state index contributed by atoms with van der Waals surface area (Å²) in [6.07, 6.45) is 1.16. The van der Waals surface area contributed by atoms with Crippen molar-refractivity contribution >= 4 is 16.6 Å². The minimum absolute atomic E-state index is 0.280. The molecule has 1 aliphatic rings. The SMILES string of the molecule is Cc1cccc(N2CCN(C[C@@H](O)c3c[nH]c4ccc(F)cc34)CC2)c1C. The summed E-state index contributed by atoms with van der Waals surface area (Å²) in [6.45, 7) is 8.58. The standard InChI is InChI=1S/C22H26FN3O/c1-15-4-3-5-21(16(15)2)26-10-8-25(9-11-26)14-22(27)19-13-24-20-7-6-17(23)12-18(19)20/h3-7,12-13,22,24,27H,8-11,14H2,1-2H3/t22-/m1/s1. The molecule has 3 aromatic rings. The molecule has 1 atom stereocenters. The highest BCUT2D eigenvalue weighted by molar-refractivity contribution is 5.83. The number of hydrogen-bond donors (Lipinski definition) is 2. The number of hydrogen-bond acceptors (Lipinski definition) is 3. The Kier molecular flexibility index (Phi) is 4.89. The van der Waals surface area contributed by atoms with Gasteiger partial charge >= 0.3 is 0 Å². The Morgan fingerprint density at radius 1 is 1.11 bits per heavy atom. The van der Waals surface area contributed by atoms with Crippen LogP contribution in [0.1, 0.15) is 22.8 Å². The summed E-state index contributed by atoms with van der Waals surface area (Å²) >= 11 is 0. The number of aryl methyl sites for hydroxylation is 1. The van der Waals surface area contributed by atoms with Gasteiger partial charge in [0.15, 0.2) is 0 Å². The molecule has 27 heavy (non-hydrogen) atoms. The van der Waals surface area contributed by atoms with E-state index in [2.05, 4.69) is 46.8 Å². The number of halogens is 1. The van der Waals surface area contributed by atoms with E-state index in [-0.39, 0.29) is 5.82 Å². The minimum atomic E-state index is -0.632. The molecular formula is C22H26FN3O. The number of nitrogens with one attached hydrogen (secondary N) is 1. The maximum atomic E-state index is 13.6. The molecule has 0 saturated carbocycles. The number of β-amino-alcohol motifs (C(OH)–C–C–N with tert-alkyl or cyclic N) is 1. The Morgan fingerprint density at radius 3 is 2.67 bits per heavy atom. The molecule has 1 fully saturated rings. The Morgan fingerprint density at radius 2 is 1.89 bits per heavy atom. The van der Waals surface area contributed by atoms with Crippen LogP contribution in [0.25, 0.3) is 10.9 Å². The molecule has 2 heterocycles. The third kappa shape index (κ3) is 3.57. The zero-order valence-electron chi connectivity index (χ0n) is 15.9. The van der Waals surface area contributed by atoms with Crippen molar-refractivity contribution in [1.82, 2.24) is 9.88 Å². The summed E-state index contributed by atoms with van der Waals surface area (Å²) in [5.41, 5.74) is 5.58. The van der Waals surface area contributed by atoms with Gasteiger partial charge in [0.05, 0.1) is 6.10 Å². The molecule has 1 aromatic heterocycles. The Bertz CT molecular complexity index is 944. The molecule has 4 rings (SSSR count). The molecule has 0 spiro atoms. The average molecular weight is 367 g/mol. The van der Waals surface area contributed by atoms with Crippen molar-refractivity contribution < 1.29 is 9.50 Å². The largest absolute Gasteiger partial charge is 0.387 e. The molecule has 0 unspecified atom stereocenters. The number of aliphatic hydroxyl groups is 1. The van der Waals surface area contributed by atoms with Gasteiger partial charge in [-0.15, -0.1) is 0 Å². The summed E-state index contributed by atoms with van der Waals surface area (Å²) in [6, 6.07) is 11.1. The zero-order chi connectivity index (χ0) is 19.0. The van der Waals surface area contributed by atoms with Gasteiger partial charge in [-0.2, -0.15) is 0 Å². The summed E-state index contributed by atoms with van der Waals surface area (Å²) in [4.78, 5) is 7.83. The molecule has 0 aliphatic carbocycles. The summed E-state index contributed by atoms with van der Waals surface area (Å²) in [5, 5.41) is 11.5. The van der Waals surface area contributed by atoms with Gasteiger partial charge in [-0.3, -0.25) is 4.90 Å². The van der Waals surface area contributed by atoms with Crippen LogP contribution < -0.4 is 4.90 Å². The number of aliphatic hydroxyl groups excluding tert-OH is 1. The molecule has 0 bridgehead atoms. The number of H-pyrrole nitrogens is 1. The van der Waals surface area contributed by atoms with Crippen LogP contribution in [0.15, 0.2) is 42.6 Å². The van der Waals surface area contributed by atoms with Gasteiger partial charge < -0.3 is 15.0 Å². The highest BCUT2D eigenvalue weighted by Crippen LogP contribution is 2.27. The molecule has 2 aromatic carbocycles. The molecular weight excluding hydrogens is 341 g/mol. The second-order valence-corrected chi connectivity index (χ2v) is 7.46. The quantitative estimate of drug-likeness (QED) is 0.737. The molecule has 0 radical (unpaired) electrons. The number of nitrogens with zero attached hydrogens (tertiary/aromatic N) is 2. The van der Waals surface area contributed by atoms with Crippen LogP contribution in [0.2, 0.25) is 0 Å². The number of piperazine rings is 1. The molecule has 4 nitrogen and oxygen atoms in total. The second-order valence-electron chi connectivity index (χ2n) is 7.46. The summed E-state index contributed by atoms with van der Waals surface area (Å²) in [5.74, 6) is -0.280. The molecule has 5 heteroatoms. The third-order valence-electron chi connectivity index (χ3n) is 5.75. The van der Waals surface area contributed by atoms with E-state index in [0.717, 1.165) is 42.6 Å². The van der Waals surface area contributed by atoms with Crippen molar-refractivity contribution in [1.29, 1.82) is 0 Å². The predicted octanol–water partition coefficient (Wildman–Crippen LogP) is 3.78. The molecule has 2 N–H and O–H groups in total. The first-order chi connectivity index (χ1) is 13.0. The monoisotopic (exact) mass is 367 g/mol. The van der Waals surface area contributed by atoms with Crippen molar-refractivity contribution in [2.24, 2.45) is 0 Å². The van der Waals surface area contributed by atoms with Gasteiger partial charge in [-0.05, 0) is 49.2 Å². The Hall–Kier alpha value is -2.37. The van der Waals surface area contributed by atoms with Crippen molar-refractivity contribution in [2.45, 2.75) is 20.0 Å². The van der Waals surface area contributed by atoms with Gasteiger partial charge in [0.25, 0.3) is 0 Å². The van der Waals surface area contributed by atoms with E-state index in [9.17, 15) is 9.50 Å². The lowest BCUT2D eigenvalue weighted by Gasteiger charge is -2.37. The van der Waals surface area contributed by atoms with Gasteiger partial charge in [-0.1, -0.05) is 12.1 Å². The Labute approximate surface area is 159 Å². The first-order valence-corrected chi connectivity index (χ1v) is 9.51. The number of fused-ring (bicyclic) bond motifs is 1. The summed E-state index contributed by atoms with van der Waals surface area (Å²) < 4.78 is 13.6. The first-order valence-electron chi connectivity index (χ1n) is 9.51. The van der Waals surface area contributed by atoms with E-state index in [0.29, 0.717) is 6.54 Å². The van der Waals surface area contributed by atoms with Crippen LogP contribution in [0, 0.1) is 19.7 Å². The highest BCUT2D eigenvalue weighted by Gasteiger charge is 2.22. The first kappa shape index (κ1) is 18.0. The lowest BCUT2D eigenvalue weighted by atomic mass is 10.1. The second kappa shape index (κ2) is 7.33. The molecule has 1 aliphatic heterocycles. The van der Waals surface area contributed by atoms with Gasteiger partial charge in [-0.25, -0.2) is 4.39 Å². The van der Waals surface area contributed by atoms with Gasteiger partial charge in [0.2, 0.25) is 0 Å². The van der Waals surface area contributed by atoms with Crippen LogP contribution in [-0.4, -0.2) is 47.7 Å². The van der Waals surface area contributed by atoms with Crippen LogP contribution in [-0.2, 0) is 0 Å². The molecule has 142 valence electrons. The van der Waals surface area contributed by atoms with E-state index in [1.54, 1.807) is 12.3 Å². The number of benzene rings is 2. The number of aromatic amines is 1. The maximum absolute atomic E-state index is 13.6. The average Bonchev–Trinajstić information content (AvgIpc) is 3.08. The maximum Gasteiger partial charge on any atom is 0.123 e. The normalized spacial score (nSPS) is 16.8. The number of aromatic nitrogens is 1. The lowest BCUT2D eigenvalue weighted by Crippen LogP contribution is -2.47. The Balaban J connectivity index is 1.41. The smallest absolute Gasteiger partial charge is 0.123 e. The molecule has 1 saturated heterocycles. The van der Waals surface area contributed by atoms with E-state index in [4.69, 9.17) is 0 Å². The van der Waals surface area contributed by atoms with Crippen molar-refractivity contribution in [2.75, 3.05) is 37.6 Å². The van der Waals surface area contributed by atoms with Crippen LogP contribution >= 0.6 is 0 Å². The van der Waals surface area contributed by atoms with E-state index in [1.807, 2.05) is 0 Å². The zero-order valence-corrected chi connectivity index (χ0v) is 15.9.